The van der Waals surface area contributed by atoms with E-state index < -0.39 is 5.91 Å². The summed E-state index contributed by atoms with van der Waals surface area (Å²) in [6, 6.07) is 1.71. The minimum Gasteiger partial charge on any atom is -0.289 e. The molecule has 1 aliphatic rings. The molecule has 1 saturated heterocycles. The number of thioether (sulfide) groups is 1. The molecule has 3 N–H and O–H groups in total. The number of thiophene rings is 1. The molecule has 2 rings (SSSR count). The molecule has 0 unspecified atom stereocenters. The number of carbonyl (C=O) groups excluding carboxylic acids is 3. The molecule has 0 saturated carbocycles. The second kappa shape index (κ2) is 4.86. The van der Waals surface area contributed by atoms with Crippen LogP contribution in [0.5, 0.6) is 0 Å². The van der Waals surface area contributed by atoms with Gasteiger partial charge in [-0.05, 0) is 17.0 Å². The fourth-order valence-electron chi connectivity index (χ4n) is 1.43. The first-order chi connectivity index (χ1) is 8.13. The predicted molar refractivity (Wildman–Crippen MR) is 64.4 cm³/mol. The number of nitrogens with zero attached hydrogens (tertiary/aromatic N) is 1. The zero-order valence-corrected chi connectivity index (χ0v) is 10.3. The Labute approximate surface area is 105 Å². The molecule has 0 aromatic carbocycles. The van der Waals surface area contributed by atoms with Gasteiger partial charge in [-0.25, -0.2) is 5.84 Å². The van der Waals surface area contributed by atoms with Crippen LogP contribution in [0.25, 0.3) is 0 Å². The molecule has 0 radical (unpaired) electrons. The SMILES string of the molecule is NNC(=O)c1sccc1CN1C(=O)CSC1=O. The maximum atomic E-state index is 11.4. The average Bonchev–Trinajstić information content (AvgIpc) is 2.90. The summed E-state index contributed by atoms with van der Waals surface area (Å²) in [5.41, 5.74) is 2.66. The summed E-state index contributed by atoms with van der Waals surface area (Å²) >= 11 is 2.19. The van der Waals surface area contributed by atoms with Gasteiger partial charge in [0.1, 0.15) is 0 Å². The third-order valence-electron chi connectivity index (χ3n) is 2.25. The molecule has 1 fully saturated rings. The summed E-state index contributed by atoms with van der Waals surface area (Å²) in [5, 5.41) is 1.44. The number of rotatable bonds is 3. The standard InChI is InChI=1S/C9H9N3O3S2/c10-11-8(14)7-5(1-2-16-7)3-12-6(13)4-17-9(12)15/h1-2H,3-4,10H2,(H,11,14). The van der Waals surface area contributed by atoms with Crippen molar-refractivity contribution in [3.05, 3.63) is 21.9 Å². The van der Waals surface area contributed by atoms with E-state index in [1.54, 1.807) is 11.4 Å². The second-order valence-electron chi connectivity index (χ2n) is 3.28. The van der Waals surface area contributed by atoms with E-state index in [2.05, 4.69) is 0 Å². The first-order valence-electron chi connectivity index (χ1n) is 4.68. The van der Waals surface area contributed by atoms with Gasteiger partial charge in [0.2, 0.25) is 5.91 Å². The Morgan fingerprint density at radius 3 is 2.88 bits per heavy atom. The van der Waals surface area contributed by atoms with Crippen LogP contribution in [-0.4, -0.2) is 27.7 Å². The molecule has 8 heteroatoms. The van der Waals surface area contributed by atoms with E-state index in [4.69, 9.17) is 5.84 Å². The Morgan fingerprint density at radius 1 is 1.53 bits per heavy atom. The van der Waals surface area contributed by atoms with Gasteiger partial charge in [0, 0.05) is 0 Å². The van der Waals surface area contributed by atoms with Crippen molar-refractivity contribution < 1.29 is 14.4 Å². The maximum absolute atomic E-state index is 11.4. The number of nitrogens with one attached hydrogen (secondary N) is 1. The van der Waals surface area contributed by atoms with Gasteiger partial charge in [0.15, 0.2) is 0 Å². The van der Waals surface area contributed by atoms with Crippen molar-refractivity contribution in [2.75, 3.05) is 5.75 Å². The number of hydrazine groups is 1. The topological polar surface area (TPSA) is 92.5 Å². The van der Waals surface area contributed by atoms with E-state index in [9.17, 15) is 14.4 Å². The van der Waals surface area contributed by atoms with Crippen LogP contribution in [0, 0.1) is 0 Å². The molecular formula is C9H9N3O3S2. The first-order valence-corrected chi connectivity index (χ1v) is 6.54. The quantitative estimate of drug-likeness (QED) is 0.476. The van der Waals surface area contributed by atoms with Crippen LogP contribution in [0.1, 0.15) is 15.2 Å². The van der Waals surface area contributed by atoms with Gasteiger partial charge in [0.25, 0.3) is 11.1 Å². The van der Waals surface area contributed by atoms with Crippen molar-refractivity contribution in [2.24, 2.45) is 5.84 Å². The van der Waals surface area contributed by atoms with Gasteiger partial charge in [-0.2, -0.15) is 0 Å². The molecule has 90 valence electrons. The zero-order valence-electron chi connectivity index (χ0n) is 8.63. The summed E-state index contributed by atoms with van der Waals surface area (Å²) in [7, 11) is 0. The molecule has 1 aromatic rings. The van der Waals surface area contributed by atoms with Crippen LogP contribution in [0.3, 0.4) is 0 Å². The fraction of sp³-hybridized carbons (Fsp3) is 0.222. The molecule has 0 spiro atoms. The zero-order chi connectivity index (χ0) is 12.4. The number of imide groups is 1. The van der Waals surface area contributed by atoms with Crippen LogP contribution < -0.4 is 11.3 Å². The lowest BCUT2D eigenvalue weighted by Gasteiger charge is -2.12. The largest absolute Gasteiger partial charge is 0.289 e. The minimum absolute atomic E-state index is 0.122. The highest BCUT2D eigenvalue weighted by molar-refractivity contribution is 8.14. The fourth-order valence-corrected chi connectivity index (χ4v) is 2.97. The minimum atomic E-state index is -0.415. The summed E-state index contributed by atoms with van der Waals surface area (Å²) in [5.74, 6) is 4.57. The Balaban J connectivity index is 2.19. The lowest BCUT2D eigenvalue weighted by Crippen LogP contribution is -2.32. The third kappa shape index (κ3) is 2.33. The highest BCUT2D eigenvalue weighted by atomic mass is 32.2. The van der Waals surface area contributed by atoms with E-state index in [1.165, 1.54) is 11.3 Å². The molecule has 3 amide bonds. The highest BCUT2D eigenvalue weighted by Crippen LogP contribution is 2.24. The maximum Gasteiger partial charge on any atom is 0.289 e. The lowest BCUT2D eigenvalue weighted by atomic mass is 10.2. The highest BCUT2D eigenvalue weighted by Gasteiger charge is 2.30. The first kappa shape index (κ1) is 12.1. The third-order valence-corrected chi connectivity index (χ3v) is 4.07. The monoisotopic (exact) mass is 271 g/mol. The van der Waals surface area contributed by atoms with Crippen molar-refractivity contribution >= 4 is 40.2 Å². The molecule has 0 bridgehead atoms. The van der Waals surface area contributed by atoms with Crippen LogP contribution in [-0.2, 0) is 11.3 Å². The van der Waals surface area contributed by atoms with Gasteiger partial charge in [-0.3, -0.25) is 24.7 Å². The molecule has 0 atom stereocenters. The van der Waals surface area contributed by atoms with E-state index in [0.29, 0.717) is 10.4 Å². The smallest absolute Gasteiger partial charge is 0.289 e. The Morgan fingerprint density at radius 2 is 2.29 bits per heavy atom. The normalized spacial score (nSPS) is 15.5. The number of hydrogen-bond donors (Lipinski definition) is 2. The van der Waals surface area contributed by atoms with Crippen molar-refractivity contribution in [2.45, 2.75) is 6.54 Å². The van der Waals surface area contributed by atoms with Crippen molar-refractivity contribution in [3.8, 4) is 0 Å². The molecule has 0 aliphatic carbocycles. The van der Waals surface area contributed by atoms with Gasteiger partial charge in [-0.1, -0.05) is 11.8 Å². The number of nitrogens with two attached hydrogens (primary N) is 1. The molecular weight excluding hydrogens is 262 g/mol. The number of amides is 3. The molecule has 1 aromatic heterocycles. The van der Waals surface area contributed by atoms with Gasteiger partial charge in [-0.15, -0.1) is 11.3 Å². The summed E-state index contributed by atoms with van der Waals surface area (Å²) in [4.78, 5) is 35.8. The lowest BCUT2D eigenvalue weighted by molar-refractivity contribution is -0.125. The summed E-state index contributed by atoms with van der Waals surface area (Å²) in [6.45, 7) is 0.122. The van der Waals surface area contributed by atoms with Gasteiger partial charge >= 0.3 is 0 Å². The van der Waals surface area contributed by atoms with Gasteiger partial charge in [0.05, 0.1) is 17.2 Å². The molecule has 17 heavy (non-hydrogen) atoms. The van der Waals surface area contributed by atoms with Crippen LogP contribution in [0.4, 0.5) is 4.79 Å². The molecule has 1 aliphatic heterocycles. The Hall–Kier alpha value is -1.38. The van der Waals surface area contributed by atoms with Crippen molar-refractivity contribution in [1.82, 2.24) is 10.3 Å². The van der Waals surface area contributed by atoms with E-state index >= 15 is 0 Å². The van der Waals surface area contributed by atoms with Crippen molar-refractivity contribution in [1.29, 1.82) is 0 Å². The number of carbonyl (C=O) groups is 3. The summed E-state index contributed by atoms with van der Waals surface area (Å²) < 4.78 is 0. The van der Waals surface area contributed by atoms with Crippen molar-refractivity contribution in [3.63, 3.8) is 0 Å². The van der Waals surface area contributed by atoms with Crippen LogP contribution in [0.2, 0.25) is 0 Å². The van der Waals surface area contributed by atoms with E-state index in [0.717, 1.165) is 16.7 Å². The molecule has 6 nitrogen and oxygen atoms in total. The Kier molecular flexibility index (Phi) is 3.46. The Bertz CT molecular complexity index is 470. The van der Waals surface area contributed by atoms with Gasteiger partial charge < -0.3 is 0 Å². The number of nitrogen functional groups attached to an aromatic ring is 1. The van der Waals surface area contributed by atoms with Crippen LogP contribution in [0.15, 0.2) is 11.4 Å². The summed E-state index contributed by atoms with van der Waals surface area (Å²) in [6.07, 6.45) is 0. The predicted octanol–water partition coefficient (Wildman–Crippen LogP) is 0.547. The van der Waals surface area contributed by atoms with E-state index in [-0.39, 0.29) is 23.4 Å². The average molecular weight is 271 g/mol. The van der Waals surface area contributed by atoms with E-state index in [1.807, 2.05) is 5.43 Å². The van der Waals surface area contributed by atoms with Crippen LogP contribution >= 0.6 is 23.1 Å². The number of hydrogen-bond acceptors (Lipinski definition) is 6. The molecule has 2 heterocycles. The second-order valence-corrected chi connectivity index (χ2v) is 5.13.